The Hall–Kier alpha value is -0.940. The van der Waals surface area contributed by atoms with Gasteiger partial charge < -0.3 is 10.6 Å². The van der Waals surface area contributed by atoms with Crippen LogP contribution in [0.1, 0.15) is 36.5 Å². The van der Waals surface area contributed by atoms with Gasteiger partial charge >= 0.3 is 0 Å². The minimum atomic E-state index is 0.162. The molecule has 0 saturated carbocycles. The van der Waals surface area contributed by atoms with Crippen molar-refractivity contribution < 1.29 is 4.79 Å². The summed E-state index contributed by atoms with van der Waals surface area (Å²) in [5, 5.41) is 9.56. The van der Waals surface area contributed by atoms with E-state index in [0.29, 0.717) is 12.5 Å². The zero-order chi connectivity index (χ0) is 11.5. The van der Waals surface area contributed by atoms with Crippen LogP contribution in [0.2, 0.25) is 0 Å². The summed E-state index contributed by atoms with van der Waals surface area (Å²) in [5.41, 5.74) is 1.10. The van der Waals surface area contributed by atoms with Crippen LogP contribution in [-0.4, -0.2) is 23.5 Å². The second-order valence-electron chi connectivity index (χ2n) is 4.22. The molecule has 1 aliphatic heterocycles. The Bertz CT molecular complexity index is 367. The maximum atomic E-state index is 11.0. The lowest BCUT2D eigenvalue weighted by molar-refractivity contribution is -0.122. The molecule has 5 heteroatoms. The van der Waals surface area contributed by atoms with E-state index < -0.39 is 0 Å². The molecular formula is C11H17N3OS. The highest BCUT2D eigenvalue weighted by Crippen LogP contribution is 2.17. The molecule has 1 saturated heterocycles. The average Bonchev–Trinajstić information content (AvgIpc) is 2.68. The number of aryl methyl sites for hydroxylation is 1. The lowest BCUT2D eigenvalue weighted by atomic mass is 10.1. The van der Waals surface area contributed by atoms with Gasteiger partial charge in [-0.05, 0) is 20.3 Å². The van der Waals surface area contributed by atoms with E-state index in [1.165, 1.54) is 0 Å². The van der Waals surface area contributed by atoms with Gasteiger partial charge in [0.1, 0.15) is 0 Å². The van der Waals surface area contributed by atoms with Crippen molar-refractivity contribution in [3.8, 4) is 0 Å². The molecule has 1 aliphatic rings. The summed E-state index contributed by atoms with van der Waals surface area (Å²) in [6.07, 6.45) is 1.54. The molecule has 1 fully saturated rings. The van der Waals surface area contributed by atoms with Crippen molar-refractivity contribution in [1.29, 1.82) is 0 Å². The molecule has 2 unspecified atom stereocenters. The normalized spacial score (nSPS) is 22.9. The van der Waals surface area contributed by atoms with Gasteiger partial charge in [-0.1, -0.05) is 0 Å². The maximum absolute atomic E-state index is 11.0. The van der Waals surface area contributed by atoms with Gasteiger partial charge in [-0.2, -0.15) is 0 Å². The van der Waals surface area contributed by atoms with Crippen LogP contribution < -0.4 is 10.6 Å². The highest BCUT2D eigenvalue weighted by Gasteiger charge is 2.20. The van der Waals surface area contributed by atoms with Crippen molar-refractivity contribution in [2.45, 2.75) is 38.8 Å². The lowest BCUT2D eigenvalue weighted by Crippen LogP contribution is -2.46. The van der Waals surface area contributed by atoms with E-state index in [2.05, 4.69) is 27.9 Å². The van der Waals surface area contributed by atoms with E-state index in [0.717, 1.165) is 23.7 Å². The number of amides is 1. The van der Waals surface area contributed by atoms with Crippen molar-refractivity contribution in [2.75, 3.05) is 6.54 Å². The molecule has 2 rings (SSSR count). The number of hydrogen-bond donors (Lipinski definition) is 2. The smallest absolute Gasteiger partial charge is 0.220 e. The van der Waals surface area contributed by atoms with Crippen molar-refractivity contribution in [1.82, 2.24) is 15.6 Å². The van der Waals surface area contributed by atoms with Crippen LogP contribution in [0.25, 0.3) is 0 Å². The van der Waals surface area contributed by atoms with Gasteiger partial charge in [0.2, 0.25) is 5.91 Å². The molecule has 2 atom stereocenters. The number of thiazole rings is 1. The number of piperidine rings is 1. The third-order valence-electron chi connectivity index (χ3n) is 2.83. The zero-order valence-corrected chi connectivity index (χ0v) is 10.4. The number of rotatable bonds is 3. The molecule has 0 spiro atoms. The summed E-state index contributed by atoms with van der Waals surface area (Å²) in [4.78, 5) is 15.5. The van der Waals surface area contributed by atoms with E-state index in [1.807, 2.05) is 6.92 Å². The molecule has 0 bridgehead atoms. The molecule has 0 aliphatic carbocycles. The van der Waals surface area contributed by atoms with Gasteiger partial charge in [0, 0.05) is 30.4 Å². The molecule has 2 heterocycles. The molecule has 16 heavy (non-hydrogen) atoms. The molecule has 2 N–H and O–H groups in total. The van der Waals surface area contributed by atoms with Crippen LogP contribution in [0, 0.1) is 6.92 Å². The predicted molar refractivity (Wildman–Crippen MR) is 64.4 cm³/mol. The number of hydrogen-bond acceptors (Lipinski definition) is 4. The van der Waals surface area contributed by atoms with Crippen LogP contribution in [-0.2, 0) is 4.79 Å². The van der Waals surface area contributed by atoms with Gasteiger partial charge in [-0.3, -0.25) is 4.79 Å². The minimum absolute atomic E-state index is 0.162. The molecule has 0 aromatic carbocycles. The first-order chi connectivity index (χ1) is 7.65. The van der Waals surface area contributed by atoms with Gasteiger partial charge in [0.05, 0.1) is 10.7 Å². The molecule has 1 aromatic rings. The average molecular weight is 239 g/mol. The largest absolute Gasteiger partial charge is 0.355 e. The topological polar surface area (TPSA) is 54.0 Å². The Morgan fingerprint density at radius 2 is 2.50 bits per heavy atom. The fraction of sp³-hybridized carbons (Fsp3) is 0.636. The summed E-state index contributed by atoms with van der Waals surface area (Å²) >= 11 is 1.67. The van der Waals surface area contributed by atoms with Gasteiger partial charge in [-0.15, -0.1) is 11.3 Å². The van der Waals surface area contributed by atoms with Crippen molar-refractivity contribution >= 4 is 17.2 Å². The van der Waals surface area contributed by atoms with Crippen molar-refractivity contribution in [3.63, 3.8) is 0 Å². The van der Waals surface area contributed by atoms with Gasteiger partial charge in [0.25, 0.3) is 0 Å². The Kier molecular flexibility index (Phi) is 3.56. The Labute approximate surface area is 99.5 Å². The third-order valence-corrected chi connectivity index (χ3v) is 3.62. The van der Waals surface area contributed by atoms with Crippen LogP contribution in [0.15, 0.2) is 5.38 Å². The summed E-state index contributed by atoms with van der Waals surface area (Å²) in [7, 11) is 0. The van der Waals surface area contributed by atoms with Crippen LogP contribution >= 0.6 is 11.3 Å². The summed E-state index contributed by atoms with van der Waals surface area (Å²) in [6.45, 7) is 4.86. The van der Waals surface area contributed by atoms with E-state index in [4.69, 9.17) is 0 Å². The molecule has 4 nitrogen and oxygen atoms in total. The highest BCUT2D eigenvalue weighted by molar-refractivity contribution is 7.09. The molecule has 0 radical (unpaired) electrons. The SMILES string of the molecule is Cc1nc(C(C)NC2CCC(=O)NC2)cs1. The van der Waals surface area contributed by atoms with Crippen LogP contribution in [0.4, 0.5) is 0 Å². The fourth-order valence-electron chi connectivity index (χ4n) is 1.89. The van der Waals surface area contributed by atoms with Gasteiger partial charge in [-0.25, -0.2) is 4.98 Å². The predicted octanol–water partition coefficient (Wildman–Crippen LogP) is 1.38. The van der Waals surface area contributed by atoms with Crippen LogP contribution in [0.5, 0.6) is 0 Å². The first-order valence-electron chi connectivity index (χ1n) is 5.60. The second kappa shape index (κ2) is 4.93. The first-order valence-corrected chi connectivity index (χ1v) is 6.48. The standard InChI is InChI=1S/C11H17N3OS/c1-7(10-6-16-8(2)14-10)13-9-3-4-11(15)12-5-9/h6-7,9,13H,3-5H2,1-2H3,(H,12,15). The van der Waals surface area contributed by atoms with Crippen molar-refractivity contribution in [3.05, 3.63) is 16.1 Å². The summed E-state index contributed by atoms with van der Waals surface area (Å²) in [6, 6.07) is 0.625. The fourth-order valence-corrected chi connectivity index (χ4v) is 2.60. The minimum Gasteiger partial charge on any atom is -0.355 e. The monoisotopic (exact) mass is 239 g/mol. The van der Waals surface area contributed by atoms with E-state index in [1.54, 1.807) is 11.3 Å². The van der Waals surface area contributed by atoms with Gasteiger partial charge in [0.15, 0.2) is 0 Å². The number of carbonyl (C=O) groups is 1. The number of nitrogens with one attached hydrogen (secondary N) is 2. The quantitative estimate of drug-likeness (QED) is 0.838. The molecular weight excluding hydrogens is 222 g/mol. The Balaban J connectivity index is 1.87. The Morgan fingerprint density at radius 3 is 3.06 bits per heavy atom. The van der Waals surface area contributed by atoms with E-state index >= 15 is 0 Å². The number of carbonyl (C=O) groups excluding carboxylic acids is 1. The molecule has 1 amide bonds. The zero-order valence-electron chi connectivity index (χ0n) is 9.62. The maximum Gasteiger partial charge on any atom is 0.220 e. The number of aromatic nitrogens is 1. The second-order valence-corrected chi connectivity index (χ2v) is 5.28. The summed E-state index contributed by atoms with van der Waals surface area (Å²) < 4.78 is 0. The van der Waals surface area contributed by atoms with E-state index in [9.17, 15) is 4.79 Å². The summed E-state index contributed by atoms with van der Waals surface area (Å²) in [5.74, 6) is 0.162. The molecule has 88 valence electrons. The third kappa shape index (κ3) is 2.80. The molecule has 1 aromatic heterocycles. The Morgan fingerprint density at radius 1 is 1.69 bits per heavy atom. The van der Waals surface area contributed by atoms with Crippen molar-refractivity contribution in [2.24, 2.45) is 0 Å². The lowest BCUT2D eigenvalue weighted by Gasteiger charge is -2.26. The van der Waals surface area contributed by atoms with Crippen LogP contribution in [0.3, 0.4) is 0 Å². The number of nitrogens with zero attached hydrogens (tertiary/aromatic N) is 1. The first kappa shape index (κ1) is 11.5. The highest BCUT2D eigenvalue weighted by atomic mass is 32.1. The van der Waals surface area contributed by atoms with E-state index in [-0.39, 0.29) is 11.9 Å².